The minimum Gasteiger partial charge on any atom is -0.397 e. The second-order valence-corrected chi connectivity index (χ2v) is 5.36. The molecule has 0 aliphatic rings. The van der Waals surface area contributed by atoms with Crippen LogP contribution in [-0.4, -0.2) is 28.0 Å². The Labute approximate surface area is 128 Å². The van der Waals surface area contributed by atoms with Gasteiger partial charge in [-0.2, -0.15) is 0 Å². The molecule has 1 aromatic carbocycles. The molecule has 4 nitrogen and oxygen atoms in total. The third kappa shape index (κ3) is 5.95. The van der Waals surface area contributed by atoms with Gasteiger partial charge in [0.15, 0.2) is 5.78 Å². The lowest BCUT2D eigenvalue weighted by Gasteiger charge is -2.14. The van der Waals surface area contributed by atoms with Crippen molar-refractivity contribution in [2.45, 2.75) is 20.8 Å². The van der Waals surface area contributed by atoms with Crippen LogP contribution in [0, 0.1) is 0 Å². The Morgan fingerprint density at radius 1 is 1.24 bits per heavy atom. The van der Waals surface area contributed by atoms with E-state index in [2.05, 4.69) is 4.90 Å². The van der Waals surface area contributed by atoms with Crippen molar-refractivity contribution in [3.8, 4) is 5.75 Å². The van der Waals surface area contributed by atoms with Crippen LogP contribution in [0.15, 0.2) is 53.6 Å². The third-order valence-electron chi connectivity index (χ3n) is 2.80. The molecule has 0 saturated heterocycles. The zero-order valence-electron chi connectivity index (χ0n) is 12.6. The van der Waals surface area contributed by atoms with E-state index in [0.717, 1.165) is 13.1 Å². The highest BCUT2D eigenvalue weighted by atomic mass is 32.2. The number of carbonyl (C=O) groups is 1. The molecule has 1 atom stereocenters. The molecule has 0 fully saturated rings. The number of Topliss-reactive ketones (excluding diaryl/α,β-unsaturated/α-hetero) is 1. The maximum atomic E-state index is 12.1. The first-order chi connectivity index (χ1) is 10.1. The van der Waals surface area contributed by atoms with Crippen LogP contribution in [-0.2, 0) is 15.9 Å². The van der Waals surface area contributed by atoms with Crippen molar-refractivity contribution in [1.29, 1.82) is 0 Å². The summed E-state index contributed by atoms with van der Waals surface area (Å²) in [5.74, 6) is 0.198. The number of para-hydroxylation sites is 1. The lowest BCUT2D eigenvalue weighted by molar-refractivity contribution is -0.113. The molecule has 114 valence electrons. The van der Waals surface area contributed by atoms with E-state index in [-0.39, 0.29) is 10.7 Å². The molecule has 0 N–H and O–H groups in total. The Hall–Kier alpha value is -1.88. The molecule has 0 aliphatic heterocycles. The van der Waals surface area contributed by atoms with Crippen LogP contribution in [0.3, 0.4) is 0 Å². The van der Waals surface area contributed by atoms with E-state index >= 15 is 0 Å². The van der Waals surface area contributed by atoms with Gasteiger partial charge in [0.05, 0.1) is 0 Å². The average Bonchev–Trinajstić information content (AvgIpc) is 2.48. The molecule has 0 radical (unpaired) electrons. The van der Waals surface area contributed by atoms with Gasteiger partial charge in [0.1, 0.15) is 10.7 Å². The van der Waals surface area contributed by atoms with E-state index in [9.17, 15) is 9.00 Å². The molecule has 0 bridgehead atoms. The summed E-state index contributed by atoms with van der Waals surface area (Å²) in [7, 11) is 0. The molecule has 0 amide bonds. The third-order valence-corrected chi connectivity index (χ3v) is 3.92. The number of nitrogens with zero attached hydrogens (tertiary/aromatic N) is 1. The maximum Gasteiger partial charge on any atom is 0.244 e. The van der Waals surface area contributed by atoms with Gasteiger partial charge in [-0.15, -0.1) is 0 Å². The van der Waals surface area contributed by atoms with Gasteiger partial charge < -0.3 is 9.08 Å². The largest absolute Gasteiger partial charge is 0.397 e. The van der Waals surface area contributed by atoms with Crippen LogP contribution >= 0.6 is 0 Å². The zero-order valence-corrected chi connectivity index (χ0v) is 13.4. The molecule has 0 spiro atoms. The van der Waals surface area contributed by atoms with Crippen molar-refractivity contribution in [1.82, 2.24) is 4.90 Å². The summed E-state index contributed by atoms with van der Waals surface area (Å²) >= 11 is -1.82. The van der Waals surface area contributed by atoms with Gasteiger partial charge in [-0.25, -0.2) is 4.21 Å². The van der Waals surface area contributed by atoms with Crippen LogP contribution in [0.25, 0.3) is 0 Å². The Kier molecular flexibility index (Phi) is 7.46. The molecule has 1 unspecified atom stereocenters. The summed E-state index contributed by atoms with van der Waals surface area (Å²) in [5, 5.41) is 0. The quantitative estimate of drug-likeness (QED) is 0.547. The average molecular weight is 307 g/mol. The molecule has 0 aromatic heterocycles. The maximum absolute atomic E-state index is 12.1. The summed E-state index contributed by atoms with van der Waals surface area (Å²) in [6.45, 7) is 7.21. The topological polar surface area (TPSA) is 46.6 Å². The van der Waals surface area contributed by atoms with Crippen LogP contribution in [0.4, 0.5) is 0 Å². The summed E-state index contributed by atoms with van der Waals surface area (Å²) in [4.78, 5) is 13.8. The first-order valence-corrected chi connectivity index (χ1v) is 7.94. The standard InChI is InChI=1S/C16H21NO3S/c1-4-17(5-2)13-9-12-16(14(3)18)21(19)20-15-10-7-6-8-11-15/h6-13H,4-5H2,1-3H3/b13-9+,16-12+. The van der Waals surface area contributed by atoms with Crippen molar-refractivity contribution in [2.75, 3.05) is 13.1 Å². The number of hydrogen-bond acceptors (Lipinski definition) is 4. The van der Waals surface area contributed by atoms with Crippen LogP contribution < -0.4 is 4.18 Å². The van der Waals surface area contributed by atoms with Gasteiger partial charge in [-0.3, -0.25) is 4.79 Å². The molecule has 5 heteroatoms. The Bertz CT molecular complexity index is 534. The van der Waals surface area contributed by atoms with Crippen molar-refractivity contribution in [2.24, 2.45) is 0 Å². The van der Waals surface area contributed by atoms with Crippen molar-refractivity contribution in [3.63, 3.8) is 0 Å². The normalized spacial score (nSPS) is 13.2. The fourth-order valence-electron chi connectivity index (χ4n) is 1.59. The zero-order chi connectivity index (χ0) is 15.7. The molecule has 0 saturated carbocycles. The Balaban J connectivity index is 2.81. The second kappa shape index (κ2) is 9.13. The number of allylic oxidation sites excluding steroid dienone is 3. The highest BCUT2D eigenvalue weighted by Crippen LogP contribution is 2.14. The number of rotatable bonds is 8. The van der Waals surface area contributed by atoms with Gasteiger partial charge in [0.25, 0.3) is 0 Å². The number of ketones is 1. The molecule has 21 heavy (non-hydrogen) atoms. The fraction of sp³-hybridized carbons (Fsp3) is 0.312. The molecule has 1 rings (SSSR count). The number of carbonyl (C=O) groups excluding carboxylic acids is 1. The highest BCUT2D eigenvalue weighted by Gasteiger charge is 2.14. The van der Waals surface area contributed by atoms with Gasteiger partial charge in [0, 0.05) is 13.1 Å². The predicted octanol–water partition coefficient (Wildman–Crippen LogP) is 3.06. The van der Waals surface area contributed by atoms with Crippen LogP contribution in [0.2, 0.25) is 0 Å². The van der Waals surface area contributed by atoms with E-state index in [4.69, 9.17) is 4.18 Å². The lowest BCUT2D eigenvalue weighted by atomic mass is 10.3. The number of hydrogen-bond donors (Lipinski definition) is 0. The summed E-state index contributed by atoms with van der Waals surface area (Å²) in [5.41, 5.74) is 0. The molecular weight excluding hydrogens is 286 g/mol. The summed E-state index contributed by atoms with van der Waals surface area (Å²) in [6, 6.07) is 8.79. The van der Waals surface area contributed by atoms with Crippen molar-refractivity contribution >= 4 is 16.9 Å². The van der Waals surface area contributed by atoms with E-state index in [1.54, 1.807) is 36.4 Å². The van der Waals surface area contributed by atoms with Gasteiger partial charge in [-0.1, -0.05) is 18.2 Å². The molecular formula is C16H21NO3S. The highest BCUT2D eigenvalue weighted by molar-refractivity contribution is 7.85. The lowest BCUT2D eigenvalue weighted by Crippen LogP contribution is -2.15. The van der Waals surface area contributed by atoms with Gasteiger partial charge >= 0.3 is 0 Å². The van der Waals surface area contributed by atoms with Crippen molar-refractivity contribution < 1.29 is 13.2 Å². The van der Waals surface area contributed by atoms with Gasteiger partial charge in [0.2, 0.25) is 11.1 Å². The fourth-order valence-corrected chi connectivity index (χ4v) is 2.39. The molecule has 1 aromatic rings. The van der Waals surface area contributed by atoms with E-state index < -0.39 is 11.1 Å². The van der Waals surface area contributed by atoms with E-state index in [0.29, 0.717) is 5.75 Å². The SMILES string of the molecule is CCN(/C=C/C=C(\C(C)=O)S(=O)Oc1ccccc1)CC. The minimum absolute atomic E-state index is 0.141. The minimum atomic E-state index is -1.82. The van der Waals surface area contributed by atoms with Crippen LogP contribution in [0.5, 0.6) is 5.75 Å². The first kappa shape index (κ1) is 17.2. The van der Waals surface area contributed by atoms with Gasteiger partial charge in [-0.05, 0) is 51.3 Å². The van der Waals surface area contributed by atoms with Crippen LogP contribution in [0.1, 0.15) is 20.8 Å². The smallest absolute Gasteiger partial charge is 0.244 e. The monoisotopic (exact) mass is 307 g/mol. The van der Waals surface area contributed by atoms with Crippen molar-refractivity contribution in [3.05, 3.63) is 53.6 Å². The Morgan fingerprint density at radius 3 is 2.38 bits per heavy atom. The molecule has 0 heterocycles. The van der Waals surface area contributed by atoms with E-state index in [1.165, 1.54) is 6.92 Å². The first-order valence-electron chi connectivity index (χ1n) is 6.87. The number of benzene rings is 1. The summed E-state index contributed by atoms with van der Waals surface area (Å²) < 4.78 is 17.4. The predicted molar refractivity (Wildman–Crippen MR) is 86.0 cm³/mol. The molecule has 0 aliphatic carbocycles. The summed E-state index contributed by atoms with van der Waals surface area (Å²) in [6.07, 6.45) is 5.12. The van der Waals surface area contributed by atoms with E-state index in [1.807, 2.05) is 26.1 Å². The second-order valence-electron chi connectivity index (χ2n) is 4.28. The Morgan fingerprint density at radius 2 is 1.86 bits per heavy atom.